The minimum Gasteiger partial charge on any atom is -0.510 e. The Morgan fingerprint density at radius 3 is 2.38 bits per heavy atom. The molecule has 2 aromatic rings. The molecule has 140 valence electrons. The van der Waals surface area contributed by atoms with Gasteiger partial charge in [-0.05, 0) is 23.5 Å². The molecular formula is C20H27N3O3. The van der Waals surface area contributed by atoms with Gasteiger partial charge in [-0.15, -0.1) is 0 Å². The molecule has 0 bridgehead atoms. The molecule has 0 aliphatic carbocycles. The Morgan fingerprint density at radius 1 is 1.19 bits per heavy atom. The lowest BCUT2D eigenvalue weighted by atomic mass is 9.85. The summed E-state index contributed by atoms with van der Waals surface area (Å²) in [5, 5.41) is 15.3. The highest BCUT2D eigenvalue weighted by atomic mass is 16.7. The Morgan fingerprint density at radius 2 is 1.85 bits per heavy atom. The summed E-state index contributed by atoms with van der Waals surface area (Å²) in [6, 6.07) is 8.47. The molecule has 0 amide bonds. The van der Waals surface area contributed by atoms with Crippen molar-refractivity contribution in [2.45, 2.75) is 39.5 Å². The maximum Gasteiger partial charge on any atom is 0.146 e. The minimum atomic E-state index is -0.606. The molecule has 1 aliphatic heterocycles. The quantitative estimate of drug-likeness (QED) is 0.848. The van der Waals surface area contributed by atoms with Crippen molar-refractivity contribution in [3.05, 3.63) is 53.8 Å². The molecule has 2 heterocycles. The predicted octanol–water partition coefficient (Wildman–Crippen LogP) is 3.56. The largest absolute Gasteiger partial charge is 0.510 e. The van der Waals surface area contributed by atoms with Crippen molar-refractivity contribution in [2.24, 2.45) is 5.41 Å². The summed E-state index contributed by atoms with van der Waals surface area (Å²) in [5.74, 6) is 0.225. The van der Waals surface area contributed by atoms with E-state index in [1.54, 1.807) is 11.0 Å². The molecule has 6 heteroatoms. The van der Waals surface area contributed by atoms with Gasteiger partial charge in [-0.3, -0.25) is 0 Å². The van der Waals surface area contributed by atoms with E-state index in [1.807, 2.05) is 6.92 Å². The molecule has 1 fully saturated rings. The van der Waals surface area contributed by atoms with E-state index in [0.29, 0.717) is 25.3 Å². The first-order valence-corrected chi connectivity index (χ1v) is 8.82. The highest BCUT2D eigenvalue weighted by Crippen LogP contribution is 2.33. The van der Waals surface area contributed by atoms with Crippen molar-refractivity contribution in [1.29, 1.82) is 0 Å². The van der Waals surface area contributed by atoms with Gasteiger partial charge in [-0.1, -0.05) is 45.0 Å². The average molecular weight is 357 g/mol. The molecule has 0 spiro atoms. The van der Waals surface area contributed by atoms with Gasteiger partial charge in [-0.25, -0.2) is 9.67 Å². The smallest absolute Gasteiger partial charge is 0.146 e. The molecular weight excluding hydrogens is 330 g/mol. The molecule has 3 rings (SSSR count). The van der Waals surface area contributed by atoms with Crippen molar-refractivity contribution < 1.29 is 14.6 Å². The fourth-order valence-corrected chi connectivity index (χ4v) is 3.06. The van der Waals surface area contributed by atoms with Crippen molar-refractivity contribution in [2.75, 3.05) is 20.0 Å². The topological polar surface area (TPSA) is 69.4 Å². The number of benzene rings is 1. The van der Waals surface area contributed by atoms with E-state index < -0.39 is 5.41 Å². The Bertz CT molecular complexity index is 753. The van der Waals surface area contributed by atoms with Crippen LogP contribution >= 0.6 is 0 Å². The third-order valence-corrected chi connectivity index (χ3v) is 4.74. The molecule has 26 heavy (non-hydrogen) atoms. The van der Waals surface area contributed by atoms with Crippen LogP contribution in [0, 0.1) is 5.41 Å². The monoisotopic (exact) mass is 357 g/mol. The van der Waals surface area contributed by atoms with Gasteiger partial charge < -0.3 is 14.6 Å². The second-order valence-electron chi connectivity index (χ2n) is 8.13. The highest BCUT2D eigenvalue weighted by Gasteiger charge is 2.36. The summed E-state index contributed by atoms with van der Waals surface area (Å²) in [6.07, 6.45) is 3.60. The van der Waals surface area contributed by atoms with Crippen LogP contribution in [-0.2, 0) is 21.3 Å². The molecule has 0 saturated carbocycles. The van der Waals surface area contributed by atoms with Crippen molar-refractivity contribution in [3.63, 3.8) is 0 Å². The fraction of sp³-hybridized carbons (Fsp3) is 0.500. The molecule has 6 nitrogen and oxygen atoms in total. The Balaban J connectivity index is 1.94. The molecule has 0 radical (unpaired) electrons. The van der Waals surface area contributed by atoms with E-state index in [1.165, 1.54) is 11.9 Å². The van der Waals surface area contributed by atoms with Crippen LogP contribution in [0.2, 0.25) is 0 Å². The van der Waals surface area contributed by atoms with Gasteiger partial charge in [0.15, 0.2) is 0 Å². The van der Waals surface area contributed by atoms with Crippen LogP contribution in [0.3, 0.4) is 0 Å². The Labute approximate surface area is 154 Å². The summed E-state index contributed by atoms with van der Waals surface area (Å²) < 4.78 is 12.4. The zero-order valence-electron chi connectivity index (χ0n) is 15.9. The molecule has 1 aromatic heterocycles. The number of aromatic nitrogens is 3. The van der Waals surface area contributed by atoms with Crippen molar-refractivity contribution in [1.82, 2.24) is 14.8 Å². The second kappa shape index (κ2) is 7.21. The molecule has 1 saturated heterocycles. The molecule has 1 aromatic carbocycles. The third kappa shape index (κ3) is 3.97. The second-order valence-corrected chi connectivity index (χ2v) is 8.13. The molecule has 0 atom stereocenters. The number of allylic oxidation sites excluding steroid dienone is 1. The number of hydrogen-bond donors (Lipinski definition) is 1. The first kappa shape index (κ1) is 18.6. The van der Waals surface area contributed by atoms with Crippen LogP contribution < -0.4 is 0 Å². The first-order chi connectivity index (χ1) is 12.3. The maximum absolute atomic E-state index is 11.0. The van der Waals surface area contributed by atoms with Gasteiger partial charge in [0.05, 0.1) is 24.3 Å². The SMILES string of the molecule is CC1(/C(O)=C(/Cc2ccc(C(C)(C)C)cc2)n2cncn2)COCOC1. The number of aliphatic hydroxyl groups is 1. The zero-order valence-corrected chi connectivity index (χ0v) is 15.9. The predicted molar refractivity (Wildman–Crippen MR) is 99.6 cm³/mol. The number of nitrogens with zero attached hydrogens (tertiary/aromatic N) is 3. The summed E-state index contributed by atoms with van der Waals surface area (Å²) in [7, 11) is 0. The standard InChI is InChI=1S/C20H27N3O3/c1-19(2,3)16-7-5-15(6-8-16)9-17(23-13-21-12-22-23)18(24)20(4)10-25-14-26-11-20/h5-8,12-13,24H,9-11,14H2,1-4H3/b18-17+. The van der Waals surface area contributed by atoms with Crippen molar-refractivity contribution in [3.8, 4) is 0 Å². The first-order valence-electron chi connectivity index (χ1n) is 8.82. The van der Waals surface area contributed by atoms with Crippen LogP contribution in [0.5, 0.6) is 0 Å². The minimum absolute atomic E-state index is 0.107. The van der Waals surface area contributed by atoms with Crippen LogP contribution in [-0.4, -0.2) is 39.9 Å². The van der Waals surface area contributed by atoms with Crippen molar-refractivity contribution >= 4 is 5.70 Å². The average Bonchev–Trinajstić information content (AvgIpc) is 3.14. The van der Waals surface area contributed by atoms with E-state index in [-0.39, 0.29) is 18.0 Å². The Kier molecular flexibility index (Phi) is 5.16. The van der Waals surface area contributed by atoms with Gasteiger partial charge in [-0.2, -0.15) is 5.10 Å². The third-order valence-electron chi connectivity index (χ3n) is 4.74. The molecule has 1 N–H and O–H groups in total. The summed E-state index contributed by atoms with van der Waals surface area (Å²) >= 11 is 0. The molecule has 0 unspecified atom stereocenters. The lowest BCUT2D eigenvalue weighted by Gasteiger charge is -2.33. The van der Waals surface area contributed by atoms with E-state index in [9.17, 15) is 5.11 Å². The maximum atomic E-state index is 11.0. The lowest BCUT2D eigenvalue weighted by molar-refractivity contribution is -0.155. The van der Waals surface area contributed by atoms with E-state index in [4.69, 9.17) is 9.47 Å². The van der Waals surface area contributed by atoms with Crippen LogP contribution in [0.1, 0.15) is 38.8 Å². The molecule has 1 aliphatic rings. The van der Waals surface area contributed by atoms with Crippen LogP contribution in [0.25, 0.3) is 5.70 Å². The van der Waals surface area contributed by atoms with Gasteiger partial charge in [0.25, 0.3) is 0 Å². The normalized spacial score (nSPS) is 18.5. The lowest BCUT2D eigenvalue weighted by Crippen LogP contribution is -2.37. The number of rotatable bonds is 4. The van der Waals surface area contributed by atoms with Gasteiger partial charge in [0.2, 0.25) is 0 Å². The van der Waals surface area contributed by atoms with Crippen LogP contribution in [0.15, 0.2) is 42.7 Å². The number of hydrogen-bond acceptors (Lipinski definition) is 5. The zero-order chi connectivity index (χ0) is 18.8. The van der Waals surface area contributed by atoms with Gasteiger partial charge in [0.1, 0.15) is 25.2 Å². The fourth-order valence-electron chi connectivity index (χ4n) is 3.06. The summed E-state index contributed by atoms with van der Waals surface area (Å²) in [5.41, 5.74) is 2.55. The number of aliphatic hydroxyl groups excluding tert-OH is 1. The van der Waals surface area contributed by atoms with Crippen LogP contribution in [0.4, 0.5) is 0 Å². The Hall–Kier alpha value is -2.18. The van der Waals surface area contributed by atoms with E-state index in [0.717, 1.165) is 5.56 Å². The van der Waals surface area contributed by atoms with E-state index >= 15 is 0 Å². The van der Waals surface area contributed by atoms with Gasteiger partial charge >= 0.3 is 0 Å². The van der Waals surface area contributed by atoms with E-state index in [2.05, 4.69) is 55.1 Å². The highest BCUT2D eigenvalue weighted by molar-refractivity contribution is 5.53. The summed E-state index contributed by atoms with van der Waals surface area (Å²) in [4.78, 5) is 4.03. The van der Waals surface area contributed by atoms with Gasteiger partial charge in [0, 0.05) is 6.42 Å². The summed E-state index contributed by atoms with van der Waals surface area (Å²) in [6.45, 7) is 9.58. The number of ether oxygens (including phenoxy) is 2.